The summed E-state index contributed by atoms with van der Waals surface area (Å²) in [5.74, 6) is -2.85. The van der Waals surface area contributed by atoms with Crippen LogP contribution in [-0.2, 0) is 26.0 Å². The molecule has 0 saturated heterocycles. The molecule has 37 heavy (non-hydrogen) atoms. The van der Waals surface area contributed by atoms with Gasteiger partial charge < -0.3 is 4.74 Å². The van der Waals surface area contributed by atoms with Crippen molar-refractivity contribution in [3.8, 4) is 0 Å². The topological polar surface area (TPSA) is 115 Å². The van der Waals surface area contributed by atoms with Gasteiger partial charge in [0.25, 0.3) is 11.8 Å². The summed E-state index contributed by atoms with van der Waals surface area (Å²) in [5.41, 5.74) is 1.83. The molecule has 0 bridgehead atoms. The monoisotopic (exact) mass is 583 g/mol. The predicted molar refractivity (Wildman–Crippen MR) is 139 cm³/mol. The van der Waals surface area contributed by atoms with Crippen LogP contribution in [0.2, 0.25) is 0 Å². The van der Waals surface area contributed by atoms with Crippen LogP contribution in [0, 0.1) is 0 Å². The Morgan fingerprint density at radius 2 is 1.51 bits per heavy atom. The number of rotatable bonds is 9. The minimum absolute atomic E-state index is 0.121. The van der Waals surface area contributed by atoms with Crippen LogP contribution in [0.3, 0.4) is 0 Å². The van der Waals surface area contributed by atoms with Crippen molar-refractivity contribution >= 4 is 49.3 Å². The fourth-order valence-corrected chi connectivity index (χ4v) is 4.96. The predicted octanol–water partition coefficient (Wildman–Crippen LogP) is 3.82. The van der Waals surface area contributed by atoms with E-state index in [9.17, 15) is 27.6 Å². The third kappa shape index (κ3) is 6.03. The van der Waals surface area contributed by atoms with E-state index in [2.05, 4.69) is 15.9 Å². The molecule has 0 spiro atoms. The summed E-state index contributed by atoms with van der Waals surface area (Å²) in [5, 5.41) is 0. The highest BCUT2D eigenvalue weighted by Gasteiger charge is 2.43. The average molecular weight is 584 g/mol. The molecule has 1 atom stereocenters. The van der Waals surface area contributed by atoms with Crippen molar-refractivity contribution in [1.29, 1.82) is 0 Å². The normalized spacial score (nSPS) is 13.8. The molecule has 0 fully saturated rings. The molecule has 10 heteroatoms. The van der Waals surface area contributed by atoms with Crippen LogP contribution in [0.25, 0.3) is 0 Å². The molecule has 190 valence electrons. The van der Waals surface area contributed by atoms with E-state index in [1.165, 1.54) is 12.1 Å². The number of halogens is 1. The number of imide groups is 1. The SMILES string of the molecule is CS(=O)(=O)CC[C@@H](C(=O)OCc1ccc(C(=O)c2ccccc2)cc1)N1C(=O)c2ccc(Br)cc2C1=O. The summed E-state index contributed by atoms with van der Waals surface area (Å²) in [7, 11) is -3.49. The Morgan fingerprint density at radius 3 is 2.16 bits per heavy atom. The van der Waals surface area contributed by atoms with E-state index in [1.54, 1.807) is 54.6 Å². The Balaban J connectivity index is 1.49. The van der Waals surface area contributed by atoms with Crippen LogP contribution >= 0.6 is 15.9 Å². The second-order valence-corrected chi connectivity index (χ2v) is 11.8. The minimum atomic E-state index is -3.49. The van der Waals surface area contributed by atoms with Crippen LogP contribution in [0.4, 0.5) is 0 Å². The quantitative estimate of drug-likeness (QED) is 0.213. The third-order valence-electron chi connectivity index (χ3n) is 5.86. The maximum absolute atomic E-state index is 13.1. The highest BCUT2D eigenvalue weighted by molar-refractivity contribution is 9.10. The molecule has 8 nitrogen and oxygen atoms in total. The zero-order valence-corrected chi connectivity index (χ0v) is 22.1. The number of ketones is 1. The molecule has 3 aromatic rings. The molecule has 4 rings (SSSR count). The van der Waals surface area contributed by atoms with Crippen molar-refractivity contribution < 1.29 is 32.3 Å². The second-order valence-electron chi connectivity index (χ2n) is 8.60. The van der Waals surface area contributed by atoms with E-state index in [0.29, 0.717) is 21.2 Å². The number of carbonyl (C=O) groups excluding carboxylic acids is 4. The maximum Gasteiger partial charge on any atom is 0.329 e. The molecule has 0 aromatic heterocycles. The summed E-state index contributed by atoms with van der Waals surface area (Å²) in [6, 6.07) is 18.4. The van der Waals surface area contributed by atoms with Gasteiger partial charge in [0.15, 0.2) is 5.78 Å². The Labute approximate surface area is 222 Å². The molecule has 3 aromatic carbocycles. The Hall–Kier alpha value is -3.63. The van der Waals surface area contributed by atoms with E-state index >= 15 is 0 Å². The number of amides is 2. The number of benzene rings is 3. The first-order valence-electron chi connectivity index (χ1n) is 11.3. The molecular weight excluding hydrogens is 562 g/mol. The number of ether oxygens (including phenoxy) is 1. The Kier molecular flexibility index (Phi) is 7.70. The Morgan fingerprint density at radius 1 is 0.892 bits per heavy atom. The van der Waals surface area contributed by atoms with Crippen LogP contribution < -0.4 is 0 Å². The highest BCUT2D eigenvalue weighted by atomic mass is 79.9. The molecule has 1 aliphatic rings. The van der Waals surface area contributed by atoms with Crippen molar-refractivity contribution in [1.82, 2.24) is 4.90 Å². The molecule has 0 radical (unpaired) electrons. The van der Waals surface area contributed by atoms with Crippen LogP contribution in [-0.4, -0.2) is 54.9 Å². The molecule has 1 heterocycles. The van der Waals surface area contributed by atoms with Gasteiger partial charge in [0.05, 0.1) is 16.9 Å². The lowest BCUT2D eigenvalue weighted by atomic mass is 10.0. The van der Waals surface area contributed by atoms with Crippen molar-refractivity contribution in [2.75, 3.05) is 12.0 Å². The van der Waals surface area contributed by atoms with Gasteiger partial charge in [0.1, 0.15) is 22.5 Å². The molecule has 0 aliphatic carbocycles. The molecule has 0 unspecified atom stereocenters. The standard InChI is InChI=1S/C27H22BrNO7S/c1-37(34,35)14-13-23(29-25(31)21-12-11-20(28)15-22(21)26(29)32)27(33)36-16-17-7-9-19(10-8-17)24(30)18-5-3-2-4-6-18/h2-12,15,23H,13-14,16H2,1H3/t23-/m0/s1. The first kappa shape index (κ1) is 26.4. The lowest BCUT2D eigenvalue weighted by Gasteiger charge is -2.24. The van der Waals surface area contributed by atoms with E-state index in [1.807, 2.05) is 6.07 Å². The molecule has 1 aliphatic heterocycles. The second kappa shape index (κ2) is 10.8. The fourth-order valence-electron chi connectivity index (χ4n) is 3.95. The van der Waals surface area contributed by atoms with E-state index < -0.39 is 39.4 Å². The summed E-state index contributed by atoms with van der Waals surface area (Å²) in [4.78, 5) is 52.4. The van der Waals surface area contributed by atoms with Gasteiger partial charge >= 0.3 is 5.97 Å². The zero-order chi connectivity index (χ0) is 26.7. The lowest BCUT2D eigenvalue weighted by molar-refractivity contribution is -0.149. The average Bonchev–Trinajstić information content (AvgIpc) is 3.12. The van der Waals surface area contributed by atoms with Gasteiger partial charge in [-0.05, 0) is 30.2 Å². The van der Waals surface area contributed by atoms with Gasteiger partial charge in [-0.2, -0.15) is 0 Å². The van der Waals surface area contributed by atoms with Gasteiger partial charge in [-0.15, -0.1) is 0 Å². The molecule has 0 saturated carbocycles. The molecule has 0 N–H and O–H groups in total. The van der Waals surface area contributed by atoms with Crippen molar-refractivity contribution in [3.05, 3.63) is 105 Å². The smallest absolute Gasteiger partial charge is 0.329 e. The third-order valence-corrected chi connectivity index (χ3v) is 7.33. The van der Waals surface area contributed by atoms with Crippen molar-refractivity contribution in [2.24, 2.45) is 0 Å². The van der Waals surface area contributed by atoms with Gasteiger partial charge in [0.2, 0.25) is 0 Å². The largest absolute Gasteiger partial charge is 0.459 e. The summed E-state index contributed by atoms with van der Waals surface area (Å²) in [6.07, 6.45) is 0.710. The molecule has 2 amide bonds. The minimum Gasteiger partial charge on any atom is -0.459 e. The zero-order valence-electron chi connectivity index (χ0n) is 19.7. The van der Waals surface area contributed by atoms with Crippen molar-refractivity contribution in [3.63, 3.8) is 0 Å². The number of hydrogen-bond donors (Lipinski definition) is 0. The summed E-state index contributed by atoms with van der Waals surface area (Å²) in [6.45, 7) is -0.192. The highest BCUT2D eigenvalue weighted by Crippen LogP contribution is 2.29. The lowest BCUT2D eigenvalue weighted by Crippen LogP contribution is -2.46. The van der Waals surface area contributed by atoms with Gasteiger partial charge in [-0.25, -0.2) is 13.2 Å². The van der Waals surface area contributed by atoms with Crippen molar-refractivity contribution in [2.45, 2.75) is 19.1 Å². The number of fused-ring (bicyclic) bond motifs is 1. The van der Waals surface area contributed by atoms with Crippen LogP contribution in [0.5, 0.6) is 0 Å². The Bertz CT molecular complexity index is 1480. The number of nitrogens with zero attached hydrogens (tertiary/aromatic N) is 1. The number of esters is 1. The summed E-state index contributed by atoms with van der Waals surface area (Å²) >= 11 is 3.26. The number of carbonyl (C=O) groups is 4. The number of hydrogen-bond acceptors (Lipinski definition) is 7. The fraction of sp³-hybridized carbons (Fsp3) is 0.185. The van der Waals surface area contributed by atoms with E-state index in [-0.39, 0.29) is 29.9 Å². The van der Waals surface area contributed by atoms with Gasteiger partial charge in [-0.3, -0.25) is 19.3 Å². The van der Waals surface area contributed by atoms with Crippen LogP contribution in [0.1, 0.15) is 48.6 Å². The van der Waals surface area contributed by atoms with Crippen LogP contribution in [0.15, 0.2) is 77.3 Å². The number of sulfone groups is 1. The molecular formula is C27H22BrNO7S. The van der Waals surface area contributed by atoms with E-state index in [0.717, 1.165) is 11.2 Å². The first-order valence-corrected chi connectivity index (χ1v) is 14.1. The van der Waals surface area contributed by atoms with E-state index in [4.69, 9.17) is 4.74 Å². The van der Waals surface area contributed by atoms with Gasteiger partial charge in [0, 0.05) is 21.9 Å². The summed E-state index contributed by atoms with van der Waals surface area (Å²) < 4.78 is 29.6. The van der Waals surface area contributed by atoms with Gasteiger partial charge in [-0.1, -0.05) is 70.5 Å². The first-order chi connectivity index (χ1) is 17.5. The maximum atomic E-state index is 13.1.